The fourth-order valence-corrected chi connectivity index (χ4v) is 2.64. The van der Waals surface area contributed by atoms with Crippen LogP contribution in [0.2, 0.25) is 0 Å². The standard InChI is InChI=1S/C19H32N6O5/c1-21-17(20)24-25-14-16(27)30-13-11-9-7-5-3-2-4-6-8-10-12-15(26)22-18(25)23-19(28)29/h5,7H,2-4,6,8-14H2,1H3,(H,28,29)(H3,20,21,24)(H,22,23,26)/b7-5+/i1D3. The van der Waals surface area contributed by atoms with Crippen molar-refractivity contribution in [1.82, 2.24) is 15.8 Å². The minimum atomic E-state index is -2.78. The van der Waals surface area contributed by atoms with E-state index in [0.29, 0.717) is 12.8 Å². The Hall–Kier alpha value is -3.11. The van der Waals surface area contributed by atoms with Crippen LogP contribution in [0.15, 0.2) is 22.1 Å². The number of esters is 1. The van der Waals surface area contributed by atoms with E-state index < -0.39 is 43.4 Å². The Morgan fingerprint density at radius 2 is 1.93 bits per heavy atom. The van der Waals surface area contributed by atoms with Crippen LogP contribution in [0.3, 0.4) is 0 Å². The maximum atomic E-state index is 12.3. The molecule has 1 aliphatic heterocycles. The van der Waals surface area contributed by atoms with E-state index in [-0.39, 0.29) is 13.0 Å². The lowest BCUT2D eigenvalue weighted by atomic mass is 10.1. The number of guanidine groups is 2. The molecule has 0 radical (unpaired) electrons. The number of amides is 2. The monoisotopic (exact) mass is 427 g/mol. The van der Waals surface area contributed by atoms with Crippen LogP contribution in [0.4, 0.5) is 4.79 Å². The summed E-state index contributed by atoms with van der Waals surface area (Å²) in [5.74, 6) is -2.51. The Morgan fingerprint density at radius 1 is 1.23 bits per heavy atom. The van der Waals surface area contributed by atoms with E-state index in [1.165, 1.54) is 0 Å². The second kappa shape index (κ2) is 14.8. The summed E-state index contributed by atoms with van der Waals surface area (Å²) in [6.07, 6.45) is 9.33. The van der Waals surface area contributed by atoms with Gasteiger partial charge >= 0.3 is 12.1 Å². The second-order valence-corrected chi connectivity index (χ2v) is 6.60. The van der Waals surface area contributed by atoms with Crippen LogP contribution >= 0.6 is 0 Å². The third-order valence-corrected chi connectivity index (χ3v) is 4.09. The number of nitrogens with two attached hydrogens (primary N) is 1. The number of carbonyl (C=O) groups excluding carboxylic acids is 2. The number of carboxylic acid groups (broad SMARTS) is 1. The molecule has 0 saturated heterocycles. The molecule has 0 bridgehead atoms. The van der Waals surface area contributed by atoms with Crippen LogP contribution in [0.25, 0.3) is 0 Å². The first kappa shape index (κ1) is 20.2. The van der Waals surface area contributed by atoms with Gasteiger partial charge in [-0.15, -0.1) is 4.99 Å². The molecule has 0 aromatic heterocycles. The predicted octanol–water partition coefficient (Wildman–Crippen LogP) is 1.51. The van der Waals surface area contributed by atoms with Gasteiger partial charge in [-0.3, -0.25) is 25.3 Å². The van der Waals surface area contributed by atoms with Crippen LogP contribution in [-0.4, -0.2) is 60.1 Å². The molecular weight excluding hydrogens is 392 g/mol. The van der Waals surface area contributed by atoms with Gasteiger partial charge in [-0.05, 0) is 32.1 Å². The molecule has 0 aromatic carbocycles. The average Bonchev–Trinajstić information content (AvgIpc) is 2.68. The highest BCUT2D eigenvalue weighted by Crippen LogP contribution is 2.08. The first-order chi connectivity index (χ1) is 15.6. The van der Waals surface area contributed by atoms with Crippen LogP contribution in [0, 0.1) is 0 Å². The molecule has 0 unspecified atom stereocenters. The zero-order chi connectivity index (χ0) is 24.7. The third-order valence-electron chi connectivity index (χ3n) is 4.09. The van der Waals surface area contributed by atoms with Crippen molar-refractivity contribution < 1.29 is 28.3 Å². The van der Waals surface area contributed by atoms with Crippen LogP contribution < -0.4 is 16.5 Å². The molecule has 0 aliphatic carbocycles. The van der Waals surface area contributed by atoms with Gasteiger partial charge < -0.3 is 15.6 Å². The SMILES string of the molecule is [2H]C([2H])([2H])N=C(N)NN1CC(=O)OCCC/C=C/CCCCCCCC(=O)NC1=NC(=O)O. The molecular formula is C19H32N6O5. The lowest BCUT2D eigenvalue weighted by Gasteiger charge is -2.25. The number of hydrazine groups is 1. The minimum Gasteiger partial charge on any atom is -0.464 e. The number of aliphatic imine (C=N–C) groups is 2. The van der Waals surface area contributed by atoms with Crippen molar-refractivity contribution in [2.75, 3.05) is 20.1 Å². The van der Waals surface area contributed by atoms with Crippen molar-refractivity contribution in [2.24, 2.45) is 15.7 Å². The van der Waals surface area contributed by atoms with Crippen molar-refractivity contribution in [1.29, 1.82) is 0 Å². The van der Waals surface area contributed by atoms with E-state index in [4.69, 9.17) is 19.7 Å². The lowest BCUT2D eigenvalue weighted by molar-refractivity contribution is -0.144. The quantitative estimate of drug-likeness (QED) is 0.212. The van der Waals surface area contributed by atoms with Gasteiger partial charge in [0.15, 0.2) is 0 Å². The fourth-order valence-electron chi connectivity index (χ4n) is 2.64. The van der Waals surface area contributed by atoms with Gasteiger partial charge in [-0.1, -0.05) is 31.4 Å². The first-order valence-corrected chi connectivity index (χ1v) is 9.88. The maximum Gasteiger partial charge on any atom is 0.434 e. The van der Waals surface area contributed by atoms with Gasteiger partial charge in [-0.2, -0.15) is 0 Å². The Balaban J connectivity index is 3.06. The Bertz CT molecular complexity index is 755. The summed E-state index contributed by atoms with van der Waals surface area (Å²) in [6, 6.07) is 0. The van der Waals surface area contributed by atoms with E-state index >= 15 is 0 Å². The van der Waals surface area contributed by atoms with Crippen molar-refractivity contribution >= 4 is 29.9 Å². The highest BCUT2D eigenvalue weighted by atomic mass is 16.5. The highest BCUT2D eigenvalue weighted by molar-refractivity contribution is 6.02. The topological polar surface area (TPSA) is 159 Å². The largest absolute Gasteiger partial charge is 0.464 e. The van der Waals surface area contributed by atoms with Crippen LogP contribution in [-0.2, 0) is 14.3 Å². The number of nitrogens with one attached hydrogen (secondary N) is 2. The molecule has 30 heavy (non-hydrogen) atoms. The number of ether oxygens (including phenoxy) is 1. The van der Waals surface area contributed by atoms with E-state index in [9.17, 15) is 14.4 Å². The van der Waals surface area contributed by atoms with Crippen molar-refractivity contribution in [3.8, 4) is 0 Å². The van der Waals surface area contributed by atoms with Gasteiger partial charge in [0, 0.05) is 17.5 Å². The lowest BCUT2D eigenvalue weighted by Crippen LogP contribution is -2.56. The van der Waals surface area contributed by atoms with Crippen molar-refractivity contribution in [2.45, 2.75) is 57.8 Å². The maximum absolute atomic E-state index is 12.3. The minimum absolute atomic E-state index is 0.107. The van der Waals surface area contributed by atoms with Gasteiger partial charge in [0.2, 0.25) is 17.8 Å². The number of allylic oxidation sites excluding steroid dienone is 2. The van der Waals surface area contributed by atoms with Gasteiger partial charge in [0.05, 0.1) is 6.61 Å². The summed E-state index contributed by atoms with van der Waals surface area (Å²) in [6.45, 7) is -3.29. The molecule has 11 heteroatoms. The Morgan fingerprint density at radius 3 is 2.67 bits per heavy atom. The van der Waals surface area contributed by atoms with E-state index in [2.05, 4.69) is 26.8 Å². The molecule has 0 fully saturated rings. The molecule has 2 amide bonds. The Kier molecular flexibility index (Phi) is 9.97. The first-order valence-electron chi connectivity index (χ1n) is 11.4. The summed E-state index contributed by atoms with van der Waals surface area (Å²) in [7, 11) is 0. The molecule has 0 aromatic rings. The van der Waals surface area contributed by atoms with Crippen LogP contribution in [0.1, 0.15) is 61.9 Å². The predicted molar refractivity (Wildman–Crippen MR) is 113 cm³/mol. The summed E-state index contributed by atoms with van der Waals surface area (Å²) in [5.41, 5.74) is 7.86. The smallest absolute Gasteiger partial charge is 0.434 e. The molecule has 5 N–H and O–H groups in total. The van der Waals surface area contributed by atoms with Crippen LogP contribution in [0.5, 0.6) is 0 Å². The molecule has 1 aliphatic rings. The summed E-state index contributed by atoms with van der Waals surface area (Å²) in [5, 5.41) is 12.2. The number of hydrogen-bond acceptors (Lipinski definition) is 5. The number of rotatable bonds is 1. The number of cyclic esters (lactones) is 1. The summed E-state index contributed by atoms with van der Waals surface area (Å²) in [4.78, 5) is 42.4. The summed E-state index contributed by atoms with van der Waals surface area (Å²) >= 11 is 0. The second-order valence-electron chi connectivity index (χ2n) is 6.60. The van der Waals surface area contributed by atoms with E-state index in [1.807, 2.05) is 6.08 Å². The molecule has 0 atom stereocenters. The van der Waals surface area contributed by atoms with Gasteiger partial charge in [0.25, 0.3) is 0 Å². The number of nitrogens with zero attached hydrogens (tertiary/aromatic N) is 3. The van der Waals surface area contributed by atoms with E-state index in [0.717, 1.165) is 43.5 Å². The molecule has 1 rings (SSSR count). The third kappa shape index (κ3) is 11.7. The zero-order valence-electron chi connectivity index (χ0n) is 19.9. The molecule has 0 saturated carbocycles. The van der Waals surface area contributed by atoms with Gasteiger partial charge in [-0.25, -0.2) is 9.80 Å². The van der Waals surface area contributed by atoms with E-state index in [1.54, 1.807) is 0 Å². The molecule has 1 heterocycles. The zero-order valence-corrected chi connectivity index (χ0v) is 16.9. The Labute approximate surface area is 180 Å². The molecule has 0 spiro atoms. The highest BCUT2D eigenvalue weighted by Gasteiger charge is 2.21. The normalized spacial score (nSPS) is 23.5. The van der Waals surface area contributed by atoms with Crippen molar-refractivity contribution in [3.63, 3.8) is 0 Å². The molecule has 11 nitrogen and oxygen atoms in total. The van der Waals surface area contributed by atoms with Gasteiger partial charge in [0.1, 0.15) is 6.54 Å². The van der Waals surface area contributed by atoms with Crippen molar-refractivity contribution in [3.05, 3.63) is 12.2 Å². The number of hydrogen-bond donors (Lipinski definition) is 4. The summed E-state index contributed by atoms with van der Waals surface area (Å²) < 4.78 is 26.6. The number of carbonyl (C=O) groups is 3. The molecule has 168 valence electrons. The average molecular weight is 428 g/mol. The fraction of sp³-hybridized carbons (Fsp3) is 0.632.